The van der Waals surface area contributed by atoms with Gasteiger partial charge in [0.05, 0.1) is 21.8 Å². The van der Waals surface area contributed by atoms with Crippen LogP contribution in [0.1, 0.15) is 50.8 Å². The summed E-state index contributed by atoms with van der Waals surface area (Å²) in [6, 6.07) is 3.81. The quantitative estimate of drug-likeness (QED) is 0.446. The predicted molar refractivity (Wildman–Crippen MR) is 158 cm³/mol. The van der Waals surface area contributed by atoms with E-state index in [1.807, 2.05) is 26.0 Å². The number of piperazine rings is 1. The molecule has 0 radical (unpaired) electrons. The van der Waals surface area contributed by atoms with Gasteiger partial charge in [0.2, 0.25) is 5.91 Å². The van der Waals surface area contributed by atoms with Crippen molar-refractivity contribution in [1.29, 1.82) is 0 Å². The summed E-state index contributed by atoms with van der Waals surface area (Å²) in [6.07, 6.45) is 4.78. The minimum atomic E-state index is -0.441. The molecule has 1 atom stereocenters. The van der Waals surface area contributed by atoms with E-state index in [2.05, 4.69) is 40.6 Å². The van der Waals surface area contributed by atoms with Gasteiger partial charge in [-0.25, -0.2) is 14.3 Å². The Balaban J connectivity index is 1.71. The Hall–Kier alpha value is -3.50. The molecule has 1 amide bonds. The van der Waals surface area contributed by atoms with E-state index in [4.69, 9.17) is 21.3 Å². The lowest BCUT2D eigenvalue weighted by Crippen LogP contribution is -2.54. The Kier molecular flexibility index (Phi) is 8.09. The van der Waals surface area contributed by atoms with Crippen LogP contribution in [0.3, 0.4) is 0 Å². The van der Waals surface area contributed by atoms with Gasteiger partial charge in [-0.3, -0.25) is 9.78 Å². The molecule has 212 valence electrons. The van der Waals surface area contributed by atoms with Gasteiger partial charge in [-0.2, -0.15) is 4.98 Å². The topological polar surface area (TPSA) is 105 Å². The third-order valence-corrected chi connectivity index (χ3v) is 7.96. The number of anilines is 2. The zero-order valence-electron chi connectivity index (χ0n) is 23.5. The Morgan fingerprint density at radius 3 is 2.67 bits per heavy atom. The van der Waals surface area contributed by atoms with Gasteiger partial charge in [-0.15, -0.1) is 0 Å². The van der Waals surface area contributed by atoms with Crippen molar-refractivity contribution in [2.45, 2.75) is 58.5 Å². The van der Waals surface area contributed by atoms with E-state index in [-0.39, 0.29) is 23.9 Å². The largest absolute Gasteiger partial charge is 0.381 e. The van der Waals surface area contributed by atoms with Gasteiger partial charge >= 0.3 is 5.69 Å². The zero-order chi connectivity index (χ0) is 28.6. The molecule has 0 spiro atoms. The molecular weight excluding hydrogens is 530 g/mol. The van der Waals surface area contributed by atoms with Gasteiger partial charge in [-0.05, 0) is 56.4 Å². The Morgan fingerprint density at radius 2 is 2.00 bits per heavy atom. The second kappa shape index (κ2) is 11.5. The van der Waals surface area contributed by atoms with E-state index in [1.54, 1.807) is 15.7 Å². The summed E-state index contributed by atoms with van der Waals surface area (Å²) in [7, 11) is 0. The van der Waals surface area contributed by atoms with E-state index in [9.17, 15) is 9.59 Å². The monoisotopic (exact) mass is 565 g/mol. The summed E-state index contributed by atoms with van der Waals surface area (Å²) in [6.45, 7) is 14.5. The summed E-state index contributed by atoms with van der Waals surface area (Å²) in [5.41, 5.74) is 2.40. The molecule has 2 aliphatic heterocycles. The molecule has 0 aliphatic carbocycles. The van der Waals surface area contributed by atoms with Crippen LogP contribution >= 0.6 is 11.6 Å². The number of halogens is 1. The molecule has 2 aliphatic rings. The summed E-state index contributed by atoms with van der Waals surface area (Å²) >= 11 is 6.84. The summed E-state index contributed by atoms with van der Waals surface area (Å²) in [5, 5.41) is 4.60. The van der Waals surface area contributed by atoms with E-state index >= 15 is 0 Å². The first-order valence-corrected chi connectivity index (χ1v) is 14.2. The van der Waals surface area contributed by atoms with E-state index in [1.165, 1.54) is 6.08 Å². The molecule has 3 aromatic rings. The first-order valence-electron chi connectivity index (χ1n) is 13.8. The maximum absolute atomic E-state index is 13.9. The Bertz CT molecular complexity index is 1500. The number of carbonyl (C=O) groups is 1. The van der Waals surface area contributed by atoms with Gasteiger partial charge < -0.3 is 19.9 Å². The molecule has 2 saturated heterocycles. The Labute approximate surface area is 239 Å². The fourth-order valence-electron chi connectivity index (χ4n) is 5.55. The van der Waals surface area contributed by atoms with Gasteiger partial charge in [-0.1, -0.05) is 32.0 Å². The summed E-state index contributed by atoms with van der Waals surface area (Å²) in [4.78, 5) is 44.3. The van der Waals surface area contributed by atoms with Crippen molar-refractivity contribution in [2.75, 3.05) is 43.1 Å². The first kappa shape index (κ1) is 28.0. The maximum atomic E-state index is 13.9. The van der Waals surface area contributed by atoms with Crippen LogP contribution in [-0.2, 0) is 9.53 Å². The molecule has 2 fully saturated rings. The molecule has 11 heteroatoms. The van der Waals surface area contributed by atoms with Crippen LogP contribution in [0.25, 0.3) is 16.7 Å². The van der Waals surface area contributed by atoms with Gasteiger partial charge in [0.25, 0.3) is 0 Å². The Morgan fingerprint density at radius 1 is 1.25 bits per heavy atom. The number of carbonyl (C=O) groups excluding carboxylic acids is 1. The van der Waals surface area contributed by atoms with Crippen LogP contribution in [0.15, 0.2) is 35.8 Å². The van der Waals surface area contributed by atoms with Crippen molar-refractivity contribution in [3.63, 3.8) is 0 Å². The average molecular weight is 566 g/mol. The summed E-state index contributed by atoms with van der Waals surface area (Å²) < 4.78 is 7.09. The van der Waals surface area contributed by atoms with Crippen LogP contribution in [0.5, 0.6) is 0 Å². The minimum Gasteiger partial charge on any atom is -0.381 e. The van der Waals surface area contributed by atoms with Crippen molar-refractivity contribution in [3.05, 3.63) is 57.7 Å². The van der Waals surface area contributed by atoms with E-state index in [0.29, 0.717) is 66.2 Å². The third-order valence-electron chi connectivity index (χ3n) is 7.67. The number of hydrogen-bond acceptors (Lipinski definition) is 8. The van der Waals surface area contributed by atoms with Crippen LogP contribution in [0.4, 0.5) is 11.6 Å². The number of hydrogen-bond donors (Lipinski definition) is 1. The standard InChI is InChI=1S/C29H36ClN7O3/c1-6-23(38)35-11-12-36(19(5)16-35)27-21-15-22(30)26(32-20-8-13-40-14-9-20)33-28(21)37(29(39)34-27)25-18(4)7-10-31-24(25)17(2)3/h6-7,10,15,17,19-20H,1,8-9,11-14,16H2,2-5H3,(H,32,33)/t19-/m0/s1. The number of nitrogens with zero attached hydrogens (tertiary/aromatic N) is 6. The highest BCUT2D eigenvalue weighted by Crippen LogP contribution is 2.34. The number of rotatable bonds is 6. The van der Waals surface area contributed by atoms with Crippen LogP contribution in [-0.4, -0.2) is 75.3 Å². The molecule has 1 N–H and O–H groups in total. The molecular formula is C29H36ClN7O3. The smallest absolute Gasteiger partial charge is 0.355 e. The lowest BCUT2D eigenvalue weighted by Gasteiger charge is -2.40. The fourth-order valence-corrected chi connectivity index (χ4v) is 5.75. The van der Waals surface area contributed by atoms with Gasteiger partial charge in [0.15, 0.2) is 5.65 Å². The second-order valence-electron chi connectivity index (χ2n) is 10.8. The molecule has 0 bridgehead atoms. The normalized spacial score (nSPS) is 18.4. The maximum Gasteiger partial charge on any atom is 0.355 e. The highest BCUT2D eigenvalue weighted by atomic mass is 35.5. The number of amides is 1. The lowest BCUT2D eigenvalue weighted by atomic mass is 10.0. The number of nitrogens with one attached hydrogen (secondary N) is 1. The van der Waals surface area contributed by atoms with Crippen molar-refractivity contribution in [3.8, 4) is 5.69 Å². The molecule has 5 rings (SSSR count). The van der Waals surface area contributed by atoms with Crippen LogP contribution in [0.2, 0.25) is 5.02 Å². The lowest BCUT2D eigenvalue weighted by molar-refractivity contribution is -0.126. The summed E-state index contributed by atoms with van der Waals surface area (Å²) in [5.74, 6) is 0.989. The highest BCUT2D eigenvalue weighted by molar-refractivity contribution is 6.33. The van der Waals surface area contributed by atoms with Crippen LogP contribution in [0, 0.1) is 6.92 Å². The molecule has 40 heavy (non-hydrogen) atoms. The number of ether oxygens (including phenoxy) is 1. The van der Waals surface area contributed by atoms with E-state index in [0.717, 1.165) is 24.1 Å². The fraction of sp³-hybridized carbons (Fsp3) is 0.483. The molecule has 10 nitrogen and oxygen atoms in total. The number of aryl methyl sites for hydroxylation is 1. The number of fused-ring (bicyclic) bond motifs is 1. The van der Waals surface area contributed by atoms with Crippen molar-refractivity contribution < 1.29 is 9.53 Å². The molecule has 0 aromatic carbocycles. The second-order valence-corrected chi connectivity index (χ2v) is 11.2. The average Bonchev–Trinajstić information content (AvgIpc) is 2.94. The van der Waals surface area contributed by atoms with E-state index < -0.39 is 5.69 Å². The molecule has 0 unspecified atom stereocenters. The molecule has 5 heterocycles. The van der Waals surface area contributed by atoms with Crippen molar-refractivity contribution in [2.24, 2.45) is 0 Å². The first-order chi connectivity index (χ1) is 19.2. The van der Waals surface area contributed by atoms with Crippen LogP contribution < -0.4 is 15.9 Å². The van der Waals surface area contributed by atoms with Crippen molar-refractivity contribution in [1.82, 2.24) is 24.4 Å². The van der Waals surface area contributed by atoms with Crippen molar-refractivity contribution >= 4 is 40.2 Å². The minimum absolute atomic E-state index is 0.0687. The molecule has 3 aromatic heterocycles. The number of aromatic nitrogens is 4. The van der Waals surface area contributed by atoms with Gasteiger partial charge in [0, 0.05) is 51.1 Å². The zero-order valence-corrected chi connectivity index (χ0v) is 24.2. The molecule has 0 saturated carbocycles. The van der Waals surface area contributed by atoms with Gasteiger partial charge in [0.1, 0.15) is 11.6 Å². The predicted octanol–water partition coefficient (Wildman–Crippen LogP) is 4.07. The third kappa shape index (κ3) is 5.30. The highest BCUT2D eigenvalue weighted by Gasteiger charge is 2.30. The SMILES string of the molecule is C=CC(=O)N1CCN(c2nc(=O)n(-c3c(C)ccnc3C(C)C)c3nc(NC4CCOCC4)c(Cl)cc23)[C@@H](C)C1. The number of pyridine rings is 2.